The van der Waals surface area contributed by atoms with Crippen molar-refractivity contribution in [1.82, 2.24) is 25.8 Å². The van der Waals surface area contributed by atoms with Crippen LogP contribution in [0.5, 0.6) is 0 Å². The fourth-order valence-corrected chi connectivity index (χ4v) is 4.94. The van der Waals surface area contributed by atoms with Crippen molar-refractivity contribution in [2.45, 2.75) is 83.0 Å². The molecule has 12 heteroatoms. The number of carboxylic acids is 1. The van der Waals surface area contributed by atoms with Crippen LogP contribution in [0, 0.1) is 5.92 Å². The van der Waals surface area contributed by atoms with Gasteiger partial charge in [-0.05, 0) is 38.0 Å². The molecular weight excluding hydrogens is 458 g/mol. The molecule has 0 aliphatic carbocycles. The summed E-state index contributed by atoms with van der Waals surface area (Å²) in [7, 11) is 0. The van der Waals surface area contributed by atoms with Gasteiger partial charge in [0.15, 0.2) is 0 Å². The molecule has 0 aromatic carbocycles. The van der Waals surface area contributed by atoms with E-state index in [-0.39, 0.29) is 37.6 Å². The molecule has 5 amide bonds. The summed E-state index contributed by atoms with van der Waals surface area (Å²) in [5.74, 6) is -3.65. The molecule has 0 saturated carbocycles. The van der Waals surface area contributed by atoms with Crippen LogP contribution in [0.2, 0.25) is 0 Å². The van der Waals surface area contributed by atoms with Gasteiger partial charge in [-0.15, -0.1) is 0 Å². The molecule has 3 rings (SSSR count). The molecule has 3 aliphatic heterocycles. The van der Waals surface area contributed by atoms with E-state index in [2.05, 4.69) is 16.0 Å². The molecule has 4 atom stereocenters. The van der Waals surface area contributed by atoms with Crippen molar-refractivity contribution in [2.75, 3.05) is 19.6 Å². The highest BCUT2D eigenvalue weighted by molar-refractivity contribution is 5.98. The lowest BCUT2D eigenvalue weighted by Gasteiger charge is -2.31. The summed E-state index contributed by atoms with van der Waals surface area (Å²) < 4.78 is 0. The molecule has 0 aromatic rings. The van der Waals surface area contributed by atoms with Gasteiger partial charge in [-0.3, -0.25) is 28.8 Å². The van der Waals surface area contributed by atoms with E-state index in [0.717, 1.165) is 0 Å². The van der Waals surface area contributed by atoms with Crippen molar-refractivity contribution in [3.8, 4) is 0 Å². The third-order valence-electron chi connectivity index (χ3n) is 6.82. The van der Waals surface area contributed by atoms with E-state index in [1.807, 2.05) is 0 Å². The average Bonchev–Trinajstić information content (AvgIpc) is 3.48. The second-order valence-corrected chi connectivity index (χ2v) is 9.72. The SMILES string of the molecule is CC(C)[C@@H]1NC(=O)[C@H]2CCCN2C(=O)[C@@H]2CCCN2C(=O)C[C@H](C(=O)NCCCC(=O)O)NC1=O. The number of rotatable bonds is 6. The molecule has 35 heavy (non-hydrogen) atoms. The van der Waals surface area contributed by atoms with Gasteiger partial charge < -0.3 is 30.9 Å². The Bertz CT molecular complexity index is 866. The molecule has 194 valence electrons. The zero-order valence-corrected chi connectivity index (χ0v) is 20.2. The van der Waals surface area contributed by atoms with Crippen LogP contribution in [0.1, 0.15) is 58.8 Å². The minimum Gasteiger partial charge on any atom is -0.481 e. The molecule has 0 bridgehead atoms. The Morgan fingerprint density at radius 1 is 1.00 bits per heavy atom. The molecule has 3 heterocycles. The lowest BCUT2D eigenvalue weighted by atomic mass is 10.0. The van der Waals surface area contributed by atoms with Crippen LogP contribution in [0.4, 0.5) is 0 Å². The van der Waals surface area contributed by atoms with E-state index >= 15 is 0 Å². The van der Waals surface area contributed by atoms with Gasteiger partial charge >= 0.3 is 5.97 Å². The Morgan fingerprint density at radius 3 is 2.31 bits per heavy atom. The summed E-state index contributed by atoms with van der Waals surface area (Å²) in [6.07, 6.45) is 1.96. The Kier molecular flexibility index (Phi) is 8.68. The Balaban J connectivity index is 1.87. The summed E-state index contributed by atoms with van der Waals surface area (Å²) >= 11 is 0. The van der Waals surface area contributed by atoms with Crippen molar-refractivity contribution < 1.29 is 33.9 Å². The van der Waals surface area contributed by atoms with E-state index in [4.69, 9.17) is 5.11 Å². The Labute approximate surface area is 204 Å². The number of fused-ring (bicyclic) bond motifs is 2. The normalized spacial score (nSPS) is 27.9. The number of carbonyl (C=O) groups excluding carboxylic acids is 5. The fraction of sp³-hybridized carbons (Fsp3) is 0.739. The van der Waals surface area contributed by atoms with Crippen molar-refractivity contribution in [3.05, 3.63) is 0 Å². The van der Waals surface area contributed by atoms with Crippen molar-refractivity contribution in [3.63, 3.8) is 0 Å². The smallest absolute Gasteiger partial charge is 0.303 e. The molecule has 0 unspecified atom stereocenters. The number of carboxylic acid groups (broad SMARTS) is 1. The standard InChI is InChI=1S/C23H35N5O7/c1-13(2)19-22(34)25-14(20(32)24-9-3-8-18(30)31)12-17(29)27-10-5-7-16(27)23(35)28-11-4-6-15(28)21(33)26-19/h13-16,19H,3-12H2,1-2H3,(H,24,32)(H,25,34)(H,26,33)(H,30,31)/t14-,15-,16+,19+/m1/s1. The Morgan fingerprint density at radius 2 is 1.66 bits per heavy atom. The predicted octanol–water partition coefficient (Wildman–Crippen LogP) is -1.02. The average molecular weight is 494 g/mol. The van der Waals surface area contributed by atoms with E-state index in [1.54, 1.807) is 13.8 Å². The number of aliphatic carboxylic acids is 1. The quantitative estimate of drug-likeness (QED) is 0.344. The summed E-state index contributed by atoms with van der Waals surface area (Å²) in [6.45, 7) is 4.34. The molecule has 3 aliphatic rings. The van der Waals surface area contributed by atoms with Crippen molar-refractivity contribution in [1.29, 1.82) is 0 Å². The topological polar surface area (TPSA) is 165 Å². The van der Waals surface area contributed by atoms with Gasteiger partial charge in [0.2, 0.25) is 29.5 Å². The lowest BCUT2D eigenvalue weighted by Crippen LogP contribution is -2.58. The summed E-state index contributed by atoms with van der Waals surface area (Å²) in [6, 6.07) is -3.59. The Hall–Kier alpha value is -3.18. The first-order chi connectivity index (χ1) is 16.6. The van der Waals surface area contributed by atoms with Crippen molar-refractivity contribution in [2.24, 2.45) is 5.92 Å². The molecule has 0 radical (unpaired) electrons. The van der Waals surface area contributed by atoms with Gasteiger partial charge in [-0.25, -0.2) is 0 Å². The van der Waals surface area contributed by atoms with E-state index in [9.17, 15) is 28.8 Å². The number of amides is 5. The molecule has 0 spiro atoms. The second kappa shape index (κ2) is 11.5. The first-order valence-electron chi connectivity index (χ1n) is 12.3. The number of carbonyl (C=O) groups is 6. The zero-order valence-electron chi connectivity index (χ0n) is 20.2. The van der Waals surface area contributed by atoms with Gasteiger partial charge in [0.25, 0.3) is 0 Å². The molecule has 12 nitrogen and oxygen atoms in total. The van der Waals surface area contributed by atoms with Gasteiger partial charge in [0, 0.05) is 26.1 Å². The second-order valence-electron chi connectivity index (χ2n) is 9.72. The van der Waals surface area contributed by atoms with Gasteiger partial charge in [-0.2, -0.15) is 0 Å². The van der Waals surface area contributed by atoms with Crippen LogP contribution in [0.25, 0.3) is 0 Å². The van der Waals surface area contributed by atoms with Gasteiger partial charge in [0.1, 0.15) is 24.2 Å². The zero-order chi connectivity index (χ0) is 25.7. The third kappa shape index (κ3) is 6.29. The minimum absolute atomic E-state index is 0.0670. The summed E-state index contributed by atoms with van der Waals surface area (Å²) in [4.78, 5) is 79.4. The third-order valence-corrected chi connectivity index (χ3v) is 6.82. The fourth-order valence-electron chi connectivity index (χ4n) is 4.94. The minimum atomic E-state index is -1.23. The maximum Gasteiger partial charge on any atom is 0.303 e. The predicted molar refractivity (Wildman–Crippen MR) is 123 cm³/mol. The van der Waals surface area contributed by atoms with Crippen LogP contribution in [0.15, 0.2) is 0 Å². The number of hydrogen-bond donors (Lipinski definition) is 4. The summed E-state index contributed by atoms with van der Waals surface area (Å²) in [5.41, 5.74) is 0. The van der Waals surface area contributed by atoms with Gasteiger partial charge in [-0.1, -0.05) is 13.8 Å². The molecular formula is C23H35N5O7. The van der Waals surface area contributed by atoms with Gasteiger partial charge in [0.05, 0.1) is 6.42 Å². The highest BCUT2D eigenvalue weighted by atomic mass is 16.4. The van der Waals surface area contributed by atoms with E-state index in [0.29, 0.717) is 38.8 Å². The highest BCUT2D eigenvalue weighted by Crippen LogP contribution is 2.26. The van der Waals surface area contributed by atoms with Crippen LogP contribution in [-0.2, 0) is 28.8 Å². The lowest BCUT2D eigenvalue weighted by molar-refractivity contribution is -0.147. The van der Waals surface area contributed by atoms with Crippen molar-refractivity contribution >= 4 is 35.5 Å². The molecule has 3 fully saturated rings. The number of nitrogens with zero attached hydrogens (tertiary/aromatic N) is 2. The summed E-state index contributed by atoms with van der Waals surface area (Å²) in [5, 5.41) is 16.7. The van der Waals surface area contributed by atoms with Crippen LogP contribution >= 0.6 is 0 Å². The van der Waals surface area contributed by atoms with E-state index in [1.165, 1.54) is 9.80 Å². The highest BCUT2D eigenvalue weighted by Gasteiger charge is 2.44. The molecule has 0 aromatic heterocycles. The monoisotopic (exact) mass is 493 g/mol. The maximum atomic E-state index is 13.4. The first-order valence-corrected chi connectivity index (χ1v) is 12.3. The molecule has 3 saturated heterocycles. The first kappa shape index (κ1) is 26.4. The molecule has 4 N–H and O–H groups in total. The van der Waals surface area contributed by atoms with Crippen LogP contribution in [-0.4, -0.2) is 94.2 Å². The number of nitrogens with one attached hydrogen (secondary N) is 3. The largest absolute Gasteiger partial charge is 0.481 e. The number of hydrogen-bond acceptors (Lipinski definition) is 6. The van der Waals surface area contributed by atoms with Crippen LogP contribution in [0.3, 0.4) is 0 Å². The van der Waals surface area contributed by atoms with E-state index < -0.39 is 53.8 Å². The maximum absolute atomic E-state index is 13.4. The van der Waals surface area contributed by atoms with Crippen LogP contribution < -0.4 is 16.0 Å².